The molecule has 0 spiro atoms. The molecule has 0 aliphatic carbocycles. The maximum Gasteiger partial charge on any atom is 0.329 e. The second-order valence-corrected chi connectivity index (χ2v) is 3.95. The molecule has 0 bridgehead atoms. The van der Waals surface area contributed by atoms with E-state index in [0.29, 0.717) is 25.8 Å². The largest absolute Gasteiger partial charge is 0.480 e. The molecule has 0 aromatic rings. The number of hydroxylamine groups is 2. The molecule has 0 radical (unpaired) electrons. The lowest BCUT2D eigenvalue weighted by atomic mass is 10.1. The summed E-state index contributed by atoms with van der Waals surface area (Å²) in [4.78, 5) is 26.4. The fourth-order valence-corrected chi connectivity index (χ4v) is 1.43. The number of aliphatic carboxylic acids is 1. The van der Waals surface area contributed by atoms with Crippen LogP contribution in [-0.4, -0.2) is 47.6 Å². The van der Waals surface area contributed by atoms with Crippen LogP contribution in [0.1, 0.15) is 33.1 Å². The normalized spacial score (nSPS) is 11.7. The Morgan fingerprint density at radius 3 is 2.39 bits per heavy atom. The summed E-state index contributed by atoms with van der Waals surface area (Å²) in [7, 11) is 1.60. The standard InChI is InChI=1S/C11H21N3O4/c1-8(12)14(18-9(2)15)7-5-4-6-10(13-3)11(16)17/h10,12-13H,4-7H2,1-3H3,(H,16,17)/t10-/m0/s1. The van der Waals surface area contributed by atoms with E-state index in [4.69, 9.17) is 15.4 Å². The number of unbranched alkanes of at least 4 members (excludes halogenated alkanes) is 1. The van der Waals surface area contributed by atoms with Gasteiger partial charge in [0.15, 0.2) is 0 Å². The lowest BCUT2D eigenvalue weighted by molar-refractivity contribution is -0.170. The predicted molar refractivity (Wildman–Crippen MR) is 66.2 cm³/mol. The number of carboxylic acid groups (broad SMARTS) is 1. The predicted octanol–water partition coefficient (Wildman–Crippen LogP) is 0.607. The molecule has 3 N–H and O–H groups in total. The van der Waals surface area contributed by atoms with Crippen molar-refractivity contribution in [1.29, 1.82) is 5.41 Å². The van der Waals surface area contributed by atoms with Crippen molar-refractivity contribution < 1.29 is 19.5 Å². The van der Waals surface area contributed by atoms with Crippen LogP contribution in [0.15, 0.2) is 0 Å². The molecule has 18 heavy (non-hydrogen) atoms. The van der Waals surface area contributed by atoms with Crippen LogP contribution in [0, 0.1) is 5.41 Å². The Bertz CT molecular complexity index is 307. The molecule has 7 nitrogen and oxygen atoms in total. The highest BCUT2D eigenvalue weighted by Gasteiger charge is 2.14. The fourth-order valence-electron chi connectivity index (χ4n) is 1.43. The molecule has 7 heteroatoms. The van der Waals surface area contributed by atoms with Crippen LogP contribution >= 0.6 is 0 Å². The van der Waals surface area contributed by atoms with Crippen LogP contribution in [0.2, 0.25) is 0 Å². The highest BCUT2D eigenvalue weighted by Crippen LogP contribution is 2.04. The molecule has 0 aliphatic rings. The van der Waals surface area contributed by atoms with E-state index in [0.717, 1.165) is 0 Å². The number of nitrogens with one attached hydrogen (secondary N) is 2. The summed E-state index contributed by atoms with van der Waals surface area (Å²) >= 11 is 0. The molecule has 0 amide bonds. The summed E-state index contributed by atoms with van der Waals surface area (Å²) in [5, 5.41) is 20.1. The fraction of sp³-hybridized carbons (Fsp3) is 0.727. The summed E-state index contributed by atoms with van der Waals surface area (Å²) in [5.41, 5.74) is 0. The van der Waals surface area contributed by atoms with Gasteiger partial charge in [-0.1, -0.05) is 0 Å². The molecule has 0 aromatic carbocycles. The van der Waals surface area contributed by atoms with Crippen molar-refractivity contribution in [2.75, 3.05) is 13.6 Å². The Morgan fingerprint density at radius 1 is 1.39 bits per heavy atom. The van der Waals surface area contributed by atoms with Crippen LogP contribution in [0.3, 0.4) is 0 Å². The minimum absolute atomic E-state index is 0.147. The number of hydrogen-bond acceptors (Lipinski definition) is 5. The molecule has 104 valence electrons. The first-order valence-electron chi connectivity index (χ1n) is 5.79. The third kappa shape index (κ3) is 6.85. The molecule has 0 heterocycles. The van der Waals surface area contributed by atoms with Gasteiger partial charge >= 0.3 is 11.9 Å². The Morgan fingerprint density at radius 2 is 2.00 bits per heavy atom. The minimum Gasteiger partial charge on any atom is -0.480 e. The van der Waals surface area contributed by atoms with Gasteiger partial charge in [-0.3, -0.25) is 15.0 Å². The lowest BCUT2D eigenvalue weighted by Gasteiger charge is -2.21. The molecule has 0 unspecified atom stereocenters. The summed E-state index contributed by atoms with van der Waals surface area (Å²) < 4.78 is 0. The van der Waals surface area contributed by atoms with Gasteiger partial charge in [0.1, 0.15) is 11.9 Å². The van der Waals surface area contributed by atoms with Crippen molar-refractivity contribution in [3.63, 3.8) is 0 Å². The highest BCUT2D eigenvalue weighted by atomic mass is 16.7. The number of amidine groups is 1. The maximum atomic E-state index is 10.8. The van der Waals surface area contributed by atoms with E-state index in [1.807, 2.05) is 0 Å². The summed E-state index contributed by atoms with van der Waals surface area (Å²) in [6.07, 6.45) is 1.81. The van der Waals surface area contributed by atoms with Crippen LogP contribution in [0.25, 0.3) is 0 Å². The Hall–Kier alpha value is -1.63. The zero-order valence-corrected chi connectivity index (χ0v) is 11.0. The number of hydrogen-bond donors (Lipinski definition) is 3. The Labute approximate surface area is 107 Å². The first-order chi connectivity index (χ1) is 8.38. The van der Waals surface area contributed by atoms with Gasteiger partial charge in [-0.2, -0.15) is 5.06 Å². The van der Waals surface area contributed by atoms with Crippen molar-refractivity contribution in [2.24, 2.45) is 0 Å². The molecule has 1 atom stereocenters. The van der Waals surface area contributed by atoms with Gasteiger partial charge in [0.2, 0.25) is 0 Å². The molecule has 0 rings (SSSR count). The van der Waals surface area contributed by atoms with Gasteiger partial charge in [0.05, 0.1) is 6.54 Å². The molecule has 0 aromatic heterocycles. The zero-order valence-electron chi connectivity index (χ0n) is 11.0. The first kappa shape index (κ1) is 16.4. The number of carbonyl (C=O) groups excluding carboxylic acids is 1. The van der Waals surface area contributed by atoms with Gasteiger partial charge in [0, 0.05) is 6.92 Å². The van der Waals surface area contributed by atoms with E-state index in [1.165, 1.54) is 18.9 Å². The third-order valence-corrected chi connectivity index (χ3v) is 2.36. The minimum atomic E-state index is -0.877. The van der Waals surface area contributed by atoms with E-state index in [2.05, 4.69) is 5.32 Å². The van der Waals surface area contributed by atoms with Gasteiger partial charge in [-0.05, 0) is 33.2 Å². The number of carboxylic acids is 1. The van der Waals surface area contributed by atoms with Crippen LogP contribution in [-0.2, 0) is 14.4 Å². The number of carbonyl (C=O) groups is 2. The number of likely N-dealkylation sites (N-methyl/N-ethyl adjacent to an activating group) is 1. The van der Waals surface area contributed by atoms with Crippen LogP contribution in [0.5, 0.6) is 0 Å². The molecule has 0 saturated heterocycles. The molecular weight excluding hydrogens is 238 g/mol. The zero-order chi connectivity index (χ0) is 14.1. The van der Waals surface area contributed by atoms with Crippen molar-refractivity contribution in [1.82, 2.24) is 10.4 Å². The SMILES string of the molecule is CN[C@@H](CCCCN(OC(C)=O)C(C)=N)C(=O)O. The quantitative estimate of drug-likeness (QED) is 0.268. The Balaban J connectivity index is 3.96. The van der Waals surface area contributed by atoms with Crippen molar-refractivity contribution >= 4 is 17.8 Å². The second kappa shape index (κ2) is 8.46. The van der Waals surface area contributed by atoms with E-state index >= 15 is 0 Å². The second-order valence-electron chi connectivity index (χ2n) is 3.95. The van der Waals surface area contributed by atoms with E-state index in [9.17, 15) is 9.59 Å². The summed E-state index contributed by atoms with van der Waals surface area (Å²) in [6.45, 7) is 3.19. The summed E-state index contributed by atoms with van der Waals surface area (Å²) in [5.74, 6) is -1.20. The van der Waals surface area contributed by atoms with Crippen molar-refractivity contribution in [3.8, 4) is 0 Å². The summed E-state index contributed by atoms with van der Waals surface area (Å²) in [6, 6.07) is -0.562. The van der Waals surface area contributed by atoms with Gasteiger partial charge in [-0.25, -0.2) is 0 Å². The smallest absolute Gasteiger partial charge is 0.329 e. The highest BCUT2D eigenvalue weighted by molar-refractivity contribution is 5.77. The maximum absolute atomic E-state index is 10.8. The monoisotopic (exact) mass is 259 g/mol. The van der Waals surface area contributed by atoms with Crippen LogP contribution < -0.4 is 5.32 Å². The van der Waals surface area contributed by atoms with Gasteiger partial charge in [-0.15, -0.1) is 0 Å². The van der Waals surface area contributed by atoms with Crippen LogP contribution in [0.4, 0.5) is 0 Å². The Kier molecular flexibility index (Phi) is 7.69. The van der Waals surface area contributed by atoms with E-state index < -0.39 is 18.0 Å². The molecular formula is C11H21N3O4. The van der Waals surface area contributed by atoms with Gasteiger partial charge in [0.25, 0.3) is 0 Å². The van der Waals surface area contributed by atoms with Crippen molar-refractivity contribution in [3.05, 3.63) is 0 Å². The molecule has 0 fully saturated rings. The van der Waals surface area contributed by atoms with E-state index in [-0.39, 0.29) is 5.84 Å². The molecule has 0 saturated carbocycles. The lowest BCUT2D eigenvalue weighted by Crippen LogP contribution is -2.34. The third-order valence-electron chi connectivity index (χ3n) is 2.36. The number of nitrogens with zero attached hydrogens (tertiary/aromatic N) is 1. The average Bonchev–Trinajstić information content (AvgIpc) is 2.26. The van der Waals surface area contributed by atoms with Gasteiger partial charge < -0.3 is 15.3 Å². The average molecular weight is 259 g/mol. The van der Waals surface area contributed by atoms with Crippen molar-refractivity contribution in [2.45, 2.75) is 39.2 Å². The first-order valence-corrected chi connectivity index (χ1v) is 5.79. The molecule has 0 aliphatic heterocycles. The van der Waals surface area contributed by atoms with E-state index in [1.54, 1.807) is 7.05 Å². The topological polar surface area (TPSA) is 103 Å². The number of rotatable bonds is 7.